The minimum absolute atomic E-state index is 0.0663. The van der Waals surface area contributed by atoms with E-state index in [9.17, 15) is 0 Å². The van der Waals surface area contributed by atoms with Crippen LogP contribution in [0.5, 0.6) is 5.75 Å². The van der Waals surface area contributed by atoms with E-state index in [4.69, 9.17) is 15.9 Å². The first-order valence-electron chi connectivity index (χ1n) is 5.81. The van der Waals surface area contributed by atoms with Crippen molar-refractivity contribution in [2.75, 3.05) is 6.61 Å². The van der Waals surface area contributed by atoms with Crippen molar-refractivity contribution < 1.29 is 4.74 Å². The van der Waals surface area contributed by atoms with Gasteiger partial charge in [-0.15, -0.1) is 0 Å². The van der Waals surface area contributed by atoms with Crippen molar-refractivity contribution in [2.45, 2.75) is 26.7 Å². The Labute approximate surface area is 111 Å². The monoisotopic (exact) mass is 298 g/mol. The maximum Gasteiger partial charge on any atom is 0.133 e. The fourth-order valence-corrected chi connectivity index (χ4v) is 2.09. The van der Waals surface area contributed by atoms with Crippen molar-refractivity contribution in [3.63, 3.8) is 0 Å². The van der Waals surface area contributed by atoms with Gasteiger partial charge in [-0.2, -0.15) is 0 Å². The highest BCUT2D eigenvalue weighted by molar-refractivity contribution is 9.10. The van der Waals surface area contributed by atoms with Crippen LogP contribution in [0.2, 0.25) is 0 Å². The van der Waals surface area contributed by atoms with Crippen LogP contribution in [0.1, 0.15) is 32.3 Å². The van der Waals surface area contributed by atoms with Crippen LogP contribution in [0.15, 0.2) is 22.7 Å². The SMILES string of the molecule is CCCC(C)COc1ccc(C(=N)N)cc1Br. The molecule has 0 aliphatic carbocycles. The number of ether oxygens (including phenoxy) is 1. The zero-order chi connectivity index (χ0) is 12.8. The van der Waals surface area contributed by atoms with Crippen LogP contribution in [-0.2, 0) is 0 Å². The van der Waals surface area contributed by atoms with Crippen molar-refractivity contribution >= 4 is 21.8 Å². The average Bonchev–Trinajstić information content (AvgIpc) is 2.27. The second-order valence-electron chi connectivity index (χ2n) is 4.26. The third kappa shape index (κ3) is 4.38. The summed E-state index contributed by atoms with van der Waals surface area (Å²) in [6.45, 7) is 5.07. The topological polar surface area (TPSA) is 59.1 Å². The Hall–Kier alpha value is -1.03. The number of hydrogen-bond acceptors (Lipinski definition) is 2. The Bertz CT molecular complexity index is 393. The van der Waals surface area contributed by atoms with Crippen LogP contribution in [0.4, 0.5) is 0 Å². The number of benzene rings is 1. The van der Waals surface area contributed by atoms with Gasteiger partial charge in [0.2, 0.25) is 0 Å². The Morgan fingerprint density at radius 3 is 2.76 bits per heavy atom. The van der Waals surface area contributed by atoms with E-state index in [0.717, 1.165) is 10.2 Å². The molecule has 0 amide bonds. The third-order valence-corrected chi connectivity index (χ3v) is 3.17. The molecule has 1 aromatic carbocycles. The summed E-state index contributed by atoms with van der Waals surface area (Å²) in [5.41, 5.74) is 6.12. The van der Waals surface area contributed by atoms with Crippen LogP contribution in [0, 0.1) is 11.3 Å². The number of rotatable bonds is 6. The number of amidine groups is 1. The van der Waals surface area contributed by atoms with Gasteiger partial charge in [-0.1, -0.05) is 20.3 Å². The van der Waals surface area contributed by atoms with Gasteiger partial charge in [0.1, 0.15) is 11.6 Å². The smallest absolute Gasteiger partial charge is 0.133 e. The quantitative estimate of drug-likeness (QED) is 0.623. The second-order valence-corrected chi connectivity index (χ2v) is 5.12. The lowest BCUT2D eigenvalue weighted by molar-refractivity contribution is 0.250. The molecule has 1 aromatic rings. The summed E-state index contributed by atoms with van der Waals surface area (Å²) >= 11 is 3.43. The molecule has 0 spiro atoms. The van der Waals surface area contributed by atoms with Gasteiger partial charge < -0.3 is 10.5 Å². The first-order valence-corrected chi connectivity index (χ1v) is 6.60. The van der Waals surface area contributed by atoms with Crippen molar-refractivity contribution in [3.05, 3.63) is 28.2 Å². The van der Waals surface area contributed by atoms with E-state index in [0.29, 0.717) is 18.1 Å². The highest BCUT2D eigenvalue weighted by Gasteiger charge is 2.06. The number of nitrogens with two attached hydrogens (primary N) is 1. The van der Waals surface area contributed by atoms with Gasteiger partial charge >= 0.3 is 0 Å². The van der Waals surface area contributed by atoms with E-state index in [1.165, 1.54) is 12.8 Å². The van der Waals surface area contributed by atoms with E-state index in [-0.39, 0.29) is 5.84 Å². The fraction of sp³-hybridized carbons (Fsp3) is 0.462. The summed E-state index contributed by atoms with van der Waals surface area (Å²) in [4.78, 5) is 0. The molecule has 0 aliphatic heterocycles. The molecule has 4 heteroatoms. The lowest BCUT2D eigenvalue weighted by Gasteiger charge is -2.13. The highest BCUT2D eigenvalue weighted by atomic mass is 79.9. The summed E-state index contributed by atoms with van der Waals surface area (Å²) in [6.07, 6.45) is 2.35. The van der Waals surface area contributed by atoms with Gasteiger partial charge in [-0.25, -0.2) is 0 Å². The second kappa shape index (κ2) is 6.64. The predicted molar refractivity (Wildman–Crippen MR) is 74.7 cm³/mol. The Balaban J connectivity index is 2.63. The van der Waals surface area contributed by atoms with Gasteiger partial charge in [0.25, 0.3) is 0 Å². The van der Waals surface area contributed by atoms with Gasteiger partial charge in [0, 0.05) is 5.56 Å². The maximum absolute atomic E-state index is 7.34. The normalized spacial score (nSPS) is 12.2. The summed E-state index contributed by atoms with van der Waals surface area (Å²) in [5.74, 6) is 1.42. The van der Waals surface area contributed by atoms with Crippen molar-refractivity contribution in [1.82, 2.24) is 0 Å². The molecule has 0 radical (unpaired) electrons. The van der Waals surface area contributed by atoms with Gasteiger partial charge in [-0.3, -0.25) is 5.41 Å². The highest BCUT2D eigenvalue weighted by Crippen LogP contribution is 2.26. The molecule has 0 aromatic heterocycles. The van der Waals surface area contributed by atoms with Crippen LogP contribution < -0.4 is 10.5 Å². The summed E-state index contributed by atoms with van der Waals surface area (Å²) in [5, 5.41) is 7.34. The van der Waals surface area contributed by atoms with E-state index >= 15 is 0 Å². The van der Waals surface area contributed by atoms with Crippen molar-refractivity contribution in [2.24, 2.45) is 11.7 Å². The Morgan fingerprint density at radius 1 is 1.53 bits per heavy atom. The molecule has 1 unspecified atom stereocenters. The first-order chi connectivity index (χ1) is 8.04. The molecule has 0 aliphatic rings. The van der Waals surface area contributed by atoms with E-state index in [1.54, 1.807) is 6.07 Å². The van der Waals surface area contributed by atoms with Gasteiger partial charge in [-0.05, 0) is 46.5 Å². The van der Waals surface area contributed by atoms with Crippen LogP contribution in [-0.4, -0.2) is 12.4 Å². The molecular weight excluding hydrogens is 280 g/mol. The van der Waals surface area contributed by atoms with Crippen LogP contribution in [0.25, 0.3) is 0 Å². The molecule has 0 heterocycles. The van der Waals surface area contributed by atoms with E-state index in [1.807, 2.05) is 12.1 Å². The molecule has 1 rings (SSSR count). The molecule has 0 bridgehead atoms. The molecule has 17 heavy (non-hydrogen) atoms. The summed E-state index contributed by atoms with van der Waals surface area (Å²) in [6, 6.07) is 5.45. The lowest BCUT2D eigenvalue weighted by Crippen LogP contribution is -2.12. The largest absolute Gasteiger partial charge is 0.492 e. The lowest BCUT2D eigenvalue weighted by atomic mass is 10.1. The van der Waals surface area contributed by atoms with Crippen LogP contribution in [0.3, 0.4) is 0 Å². The molecule has 0 saturated heterocycles. The molecule has 0 saturated carbocycles. The average molecular weight is 299 g/mol. The standard InChI is InChI=1S/C13H19BrN2O/c1-3-4-9(2)8-17-12-6-5-10(13(15)16)7-11(12)14/h5-7,9H,3-4,8H2,1-2H3,(H3,15,16). The number of halogens is 1. The van der Waals surface area contributed by atoms with E-state index in [2.05, 4.69) is 29.8 Å². The first kappa shape index (κ1) is 14.0. The van der Waals surface area contributed by atoms with Crippen molar-refractivity contribution in [1.29, 1.82) is 5.41 Å². The molecule has 3 nitrogen and oxygen atoms in total. The van der Waals surface area contributed by atoms with Crippen molar-refractivity contribution in [3.8, 4) is 5.75 Å². The zero-order valence-corrected chi connectivity index (χ0v) is 11.9. The van der Waals surface area contributed by atoms with Gasteiger partial charge in [0.05, 0.1) is 11.1 Å². The molecule has 94 valence electrons. The third-order valence-electron chi connectivity index (χ3n) is 2.55. The Morgan fingerprint density at radius 2 is 2.24 bits per heavy atom. The predicted octanol–water partition coefficient (Wildman–Crippen LogP) is 3.55. The van der Waals surface area contributed by atoms with Gasteiger partial charge in [0.15, 0.2) is 0 Å². The maximum atomic E-state index is 7.34. The molecule has 0 fully saturated rings. The minimum Gasteiger partial charge on any atom is -0.492 e. The number of hydrogen-bond donors (Lipinski definition) is 2. The fourth-order valence-electron chi connectivity index (χ4n) is 1.59. The zero-order valence-electron chi connectivity index (χ0n) is 10.3. The number of nitrogen functional groups attached to an aromatic ring is 1. The summed E-state index contributed by atoms with van der Waals surface area (Å²) in [7, 11) is 0. The molecular formula is C13H19BrN2O. The summed E-state index contributed by atoms with van der Waals surface area (Å²) < 4.78 is 6.57. The molecule has 3 N–H and O–H groups in total. The van der Waals surface area contributed by atoms with Crippen LogP contribution >= 0.6 is 15.9 Å². The number of nitrogens with one attached hydrogen (secondary N) is 1. The molecule has 1 atom stereocenters. The van der Waals surface area contributed by atoms with E-state index < -0.39 is 0 Å². The Kier molecular flexibility index (Phi) is 5.48. The minimum atomic E-state index is 0.0663.